The Morgan fingerprint density at radius 1 is 1.00 bits per heavy atom. The summed E-state index contributed by atoms with van der Waals surface area (Å²) in [4.78, 5) is 9.16. The molecule has 2 N–H and O–H groups in total. The van der Waals surface area contributed by atoms with E-state index in [-0.39, 0.29) is 0 Å². The van der Waals surface area contributed by atoms with Crippen molar-refractivity contribution >= 4 is 11.8 Å². The van der Waals surface area contributed by atoms with Crippen molar-refractivity contribution in [2.24, 2.45) is 0 Å². The van der Waals surface area contributed by atoms with Gasteiger partial charge in [-0.1, -0.05) is 54.6 Å². The van der Waals surface area contributed by atoms with E-state index in [9.17, 15) is 0 Å². The van der Waals surface area contributed by atoms with Gasteiger partial charge in [-0.15, -0.1) is 6.58 Å². The Morgan fingerprint density at radius 2 is 1.78 bits per heavy atom. The van der Waals surface area contributed by atoms with Crippen LogP contribution < -0.4 is 15.4 Å². The van der Waals surface area contributed by atoms with Gasteiger partial charge in [0.15, 0.2) is 0 Å². The van der Waals surface area contributed by atoms with Crippen molar-refractivity contribution in [2.75, 3.05) is 30.8 Å². The Kier molecular flexibility index (Phi) is 6.41. The van der Waals surface area contributed by atoms with Crippen molar-refractivity contribution in [1.29, 1.82) is 0 Å². The summed E-state index contributed by atoms with van der Waals surface area (Å²) in [5.41, 5.74) is 3.08. The molecule has 5 nitrogen and oxygen atoms in total. The third-order valence-corrected chi connectivity index (χ3v) is 4.09. The molecule has 5 heteroatoms. The van der Waals surface area contributed by atoms with Crippen LogP contribution >= 0.6 is 0 Å². The molecule has 0 amide bonds. The van der Waals surface area contributed by atoms with Crippen LogP contribution in [-0.2, 0) is 6.42 Å². The standard InChI is InChI=1S/C22H24N4O/c1-3-14-24-22-25-19(17-9-5-4-6-10-17)16-21(26-22)23-15-13-18-11-7-8-12-20(18)27-2/h3-12,16H,1,13-15H2,2H3,(H2,23,24,25,26). The quantitative estimate of drug-likeness (QED) is 0.554. The number of para-hydroxylation sites is 1. The van der Waals surface area contributed by atoms with E-state index < -0.39 is 0 Å². The van der Waals surface area contributed by atoms with Crippen LogP contribution in [-0.4, -0.2) is 30.2 Å². The van der Waals surface area contributed by atoms with Crippen LogP contribution in [0.15, 0.2) is 73.3 Å². The number of hydrogen-bond donors (Lipinski definition) is 2. The lowest BCUT2D eigenvalue weighted by Gasteiger charge is -2.12. The largest absolute Gasteiger partial charge is 0.496 e. The molecule has 0 radical (unpaired) electrons. The topological polar surface area (TPSA) is 59.1 Å². The molecule has 1 heterocycles. The monoisotopic (exact) mass is 360 g/mol. The van der Waals surface area contributed by atoms with Crippen LogP contribution in [0.1, 0.15) is 5.56 Å². The average Bonchev–Trinajstić information content (AvgIpc) is 2.73. The molecule has 0 aliphatic carbocycles. The minimum Gasteiger partial charge on any atom is -0.496 e. The highest BCUT2D eigenvalue weighted by atomic mass is 16.5. The molecule has 3 aromatic rings. The maximum absolute atomic E-state index is 5.42. The third-order valence-electron chi connectivity index (χ3n) is 4.09. The van der Waals surface area contributed by atoms with Gasteiger partial charge < -0.3 is 15.4 Å². The molecule has 0 spiro atoms. The van der Waals surface area contributed by atoms with Crippen LogP contribution in [0.2, 0.25) is 0 Å². The molecule has 0 saturated carbocycles. The molecular weight excluding hydrogens is 336 g/mol. The fourth-order valence-corrected chi connectivity index (χ4v) is 2.77. The van der Waals surface area contributed by atoms with E-state index >= 15 is 0 Å². The second-order valence-electron chi connectivity index (χ2n) is 5.99. The zero-order valence-corrected chi connectivity index (χ0v) is 15.5. The number of methoxy groups -OCH3 is 1. The minimum atomic E-state index is 0.580. The van der Waals surface area contributed by atoms with Gasteiger partial charge in [0, 0.05) is 24.7 Å². The summed E-state index contributed by atoms with van der Waals surface area (Å²) in [6.45, 7) is 5.09. The smallest absolute Gasteiger partial charge is 0.225 e. The maximum Gasteiger partial charge on any atom is 0.225 e. The first-order chi connectivity index (χ1) is 13.3. The second-order valence-corrected chi connectivity index (χ2v) is 5.99. The number of rotatable bonds is 9. The van der Waals surface area contributed by atoms with Crippen molar-refractivity contribution in [1.82, 2.24) is 9.97 Å². The molecule has 0 aliphatic heterocycles. The van der Waals surface area contributed by atoms with Gasteiger partial charge in [-0.2, -0.15) is 4.98 Å². The molecular formula is C22H24N4O. The van der Waals surface area contributed by atoms with Gasteiger partial charge in [0.1, 0.15) is 11.6 Å². The zero-order valence-electron chi connectivity index (χ0n) is 15.5. The van der Waals surface area contributed by atoms with E-state index in [1.54, 1.807) is 13.2 Å². The summed E-state index contributed by atoms with van der Waals surface area (Å²) < 4.78 is 5.42. The van der Waals surface area contributed by atoms with Gasteiger partial charge in [-0.3, -0.25) is 0 Å². The Bertz CT molecular complexity index is 880. The third kappa shape index (κ3) is 5.07. The summed E-state index contributed by atoms with van der Waals surface area (Å²) in [7, 11) is 1.69. The lowest BCUT2D eigenvalue weighted by Crippen LogP contribution is -2.10. The van der Waals surface area contributed by atoms with Gasteiger partial charge in [0.25, 0.3) is 0 Å². The van der Waals surface area contributed by atoms with Crippen molar-refractivity contribution in [3.05, 3.63) is 78.9 Å². The van der Waals surface area contributed by atoms with E-state index in [1.807, 2.05) is 54.6 Å². The number of hydrogen-bond acceptors (Lipinski definition) is 5. The molecule has 138 valence electrons. The highest BCUT2D eigenvalue weighted by Gasteiger charge is 2.07. The Labute approximate surface area is 160 Å². The molecule has 0 atom stereocenters. The normalized spacial score (nSPS) is 10.3. The number of aromatic nitrogens is 2. The van der Waals surface area contributed by atoms with Gasteiger partial charge >= 0.3 is 0 Å². The summed E-state index contributed by atoms with van der Waals surface area (Å²) in [6, 6.07) is 20.1. The van der Waals surface area contributed by atoms with Crippen LogP contribution in [0, 0.1) is 0 Å². The predicted molar refractivity (Wildman–Crippen MR) is 111 cm³/mol. The molecule has 0 aliphatic rings. The SMILES string of the molecule is C=CCNc1nc(NCCc2ccccc2OC)cc(-c2ccccc2)n1. The molecule has 0 fully saturated rings. The molecule has 0 saturated heterocycles. The number of anilines is 2. The lowest BCUT2D eigenvalue weighted by atomic mass is 10.1. The molecule has 1 aromatic heterocycles. The van der Waals surface area contributed by atoms with E-state index in [1.165, 1.54) is 0 Å². The maximum atomic E-state index is 5.42. The van der Waals surface area contributed by atoms with Crippen molar-refractivity contribution < 1.29 is 4.74 Å². The second kappa shape index (κ2) is 9.38. The van der Waals surface area contributed by atoms with Crippen LogP contribution in [0.4, 0.5) is 11.8 Å². The molecule has 2 aromatic carbocycles. The van der Waals surface area contributed by atoms with Crippen LogP contribution in [0.25, 0.3) is 11.3 Å². The van der Waals surface area contributed by atoms with Crippen LogP contribution in [0.3, 0.4) is 0 Å². The van der Waals surface area contributed by atoms with Crippen molar-refractivity contribution in [3.63, 3.8) is 0 Å². The first-order valence-electron chi connectivity index (χ1n) is 8.95. The molecule has 3 rings (SSSR count). The Hall–Kier alpha value is -3.34. The van der Waals surface area contributed by atoms with Gasteiger partial charge in [-0.05, 0) is 18.1 Å². The summed E-state index contributed by atoms with van der Waals surface area (Å²) >= 11 is 0. The number of nitrogens with one attached hydrogen (secondary N) is 2. The van der Waals surface area contributed by atoms with E-state index in [0.717, 1.165) is 41.4 Å². The summed E-state index contributed by atoms with van der Waals surface area (Å²) in [5, 5.41) is 6.57. The van der Waals surface area contributed by atoms with Gasteiger partial charge in [0.2, 0.25) is 5.95 Å². The fraction of sp³-hybridized carbons (Fsp3) is 0.182. The van der Waals surface area contributed by atoms with Crippen molar-refractivity contribution in [3.8, 4) is 17.0 Å². The fourth-order valence-electron chi connectivity index (χ4n) is 2.77. The first-order valence-corrected chi connectivity index (χ1v) is 8.95. The van der Waals surface area contributed by atoms with E-state index in [0.29, 0.717) is 12.5 Å². The van der Waals surface area contributed by atoms with Gasteiger partial charge in [0.05, 0.1) is 12.8 Å². The Balaban J connectivity index is 1.76. The minimum absolute atomic E-state index is 0.580. The highest BCUT2D eigenvalue weighted by molar-refractivity contribution is 5.64. The van der Waals surface area contributed by atoms with Crippen LogP contribution in [0.5, 0.6) is 5.75 Å². The van der Waals surface area contributed by atoms with E-state index in [4.69, 9.17) is 4.74 Å². The van der Waals surface area contributed by atoms with E-state index in [2.05, 4.69) is 33.2 Å². The average molecular weight is 360 g/mol. The number of nitrogens with zero attached hydrogens (tertiary/aromatic N) is 2. The molecule has 0 bridgehead atoms. The lowest BCUT2D eigenvalue weighted by molar-refractivity contribution is 0.410. The zero-order chi connectivity index (χ0) is 18.9. The van der Waals surface area contributed by atoms with Gasteiger partial charge in [-0.25, -0.2) is 4.98 Å². The summed E-state index contributed by atoms with van der Waals surface area (Å²) in [5.74, 6) is 2.27. The number of ether oxygens (including phenoxy) is 1. The molecule has 0 unspecified atom stereocenters. The number of benzene rings is 2. The van der Waals surface area contributed by atoms with Crippen molar-refractivity contribution in [2.45, 2.75) is 6.42 Å². The first kappa shape index (κ1) is 18.5. The predicted octanol–water partition coefficient (Wildman–Crippen LogP) is 4.40. The Morgan fingerprint density at radius 3 is 2.56 bits per heavy atom. The summed E-state index contributed by atoms with van der Waals surface area (Å²) in [6.07, 6.45) is 2.62. The highest BCUT2D eigenvalue weighted by Crippen LogP contribution is 2.22. The molecule has 27 heavy (non-hydrogen) atoms.